The summed E-state index contributed by atoms with van der Waals surface area (Å²) in [6.07, 6.45) is 2.00. The van der Waals surface area contributed by atoms with Crippen LogP contribution in [-0.2, 0) is 0 Å². The molecule has 3 rings (SSSR count). The molecule has 22 heavy (non-hydrogen) atoms. The average Bonchev–Trinajstić information content (AvgIpc) is 3.22. The lowest BCUT2D eigenvalue weighted by Gasteiger charge is -2.24. The third kappa shape index (κ3) is 2.63. The fourth-order valence-corrected chi connectivity index (χ4v) is 2.81. The lowest BCUT2D eigenvalue weighted by molar-refractivity contribution is 0.380. The van der Waals surface area contributed by atoms with Gasteiger partial charge in [0.2, 0.25) is 0 Å². The molecule has 2 aromatic rings. The van der Waals surface area contributed by atoms with E-state index in [9.17, 15) is 0 Å². The van der Waals surface area contributed by atoms with E-state index >= 15 is 0 Å². The Morgan fingerprint density at radius 3 is 3.14 bits per heavy atom. The first kappa shape index (κ1) is 14.4. The van der Waals surface area contributed by atoms with Gasteiger partial charge < -0.3 is 10.2 Å². The molecule has 2 heterocycles. The monoisotopic (exact) mass is 313 g/mol. The lowest BCUT2D eigenvalue weighted by atomic mass is 10.2. The maximum absolute atomic E-state index is 8.97. The molecule has 0 spiro atoms. The third-order valence-corrected chi connectivity index (χ3v) is 4.10. The molecule has 0 aliphatic carbocycles. The maximum Gasteiger partial charge on any atom is 0.197 e. The minimum absolute atomic E-state index is 0.0489. The Hall–Kier alpha value is -2.53. The van der Waals surface area contributed by atoms with Gasteiger partial charge in [0.15, 0.2) is 10.9 Å². The molecule has 0 amide bonds. The Bertz CT molecular complexity index is 733. The molecule has 7 nitrogen and oxygen atoms in total. The van der Waals surface area contributed by atoms with Crippen LogP contribution in [0.3, 0.4) is 0 Å². The Kier molecular flexibility index (Phi) is 3.98. The van der Waals surface area contributed by atoms with E-state index in [4.69, 9.17) is 17.5 Å². The van der Waals surface area contributed by atoms with Crippen molar-refractivity contribution in [3.8, 4) is 11.8 Å². The third-order valence-electron chi connectivity index (χ3n) is 3.66. The van der Waals surface area contributed by atoms with E-state index in [0.717, 1.165) is 25.1 Å². The molecule has 8 heteroatoms. The second-order valence-electron chi connectivity index (χ2n) is 5.01. The number of nitriles is 1. The van der Waals surface area contributed by atoms with E-state index in [1.54, 1.807) is 18.2 Å². The molecule has 0 saturated carbocycles. The number of rotatable bonds is 2. The maximum atomic E-state index is 8.97. The summed E-state index contributed by atoms with van der Waals surface area (Å²) in [7, 11) is 1.81. The summed E-state index contributed by atoms with van der Waals surface area (Å²) >= 11 is 5.32. The first-order valence-electron chi connectivity index (χ1n) is 7.01. The number of nitrogens with zero attached hydrogens (tertiary/aromatic N) is 6. The molecule has 1 aromatic heterocycles. The van der Waals surface area contributed by atoms with Gasteiger partial charge in [-0.1, -0.05) is 6.07 Å². The minimum atomic E-state index is 0.0489. The predicted octanol–water partition coefficient (Wildman–Crippen LogP) is 1.18. The molecule has 0 radical (unpaired) electrons. The molecule has 112 valence electrons. The van der Waals surface area contributed by atoms with Crippen LogP contribution in [0.4, 0.5) is 0 Å². The van der Waals surface area contributed by atoms with Crippen molar-refractivity contribution >= 4 is 17.3 Å². The largest absolute Gasteiger partial charge is 0.366 e. The van der Waals surface area contributed by atoms with E-state index < -0.39 is 0 Å². The van der Waals surface area contributed by atoms with Crippen LogP contribution < -0.4 is 5.32 Å². The summed E-state index contributed by atoms with van der Waals surface area (Å²) < 4.78 is 0. The molecule has 1 fully saturated rings. The summed E-state index contributed by atoms with van der Waals surface area (Å²) in [5, 5.41) is 25.4. The molecule has 1 aromatic carbocycles. The molecule has 1 aliphatic heterocycles. The number of likely N-dealkylation sites (tertiary alicyclic amines) is 1. The predicted molar refractivity (Wildman–Crippen MR) is 84.2 cm³/mol. The zero-order chi connectivity index (χ0) is 15.5. The van der Waals surface area contributed by atoms with Gasteiger partial charge in [-0.05, 0) is 48.5 Å². The molecule has 1 atom stereocenters. The van der Waals surface area contributed by atoms with Crippen LogP contribution in [-0.4, -0.2) is 43.8 Å². The van der Waals surface area contributed by atoms with Crippen LogP contribution >= 0.6 is 12.2 Å². The van der Waals surface area contributed by atoms with Crippen LogP contribution in [0.2, 0.25) is 0 Å². The number of aromatic nitrogens is 4. The Balaban J connectivity index is 1.87. The van der Waals surface area contributed by atoms with E-state index in [1.165, 1.54) is 4.80 Å². The Labute approximate surface area is 133 Å². The van der Waals surface area contributed by atoms with Gasteiger partial charge in [0.1, 0.15) is 0 Å². The summed E-state index contributed by atoms with van der Waals surface area (Å²) in [5.74, 6) is 0.650. The van der Waals surface area contributed by atoms with Crippen molar-refractivity contribution in [2.24, 2.45) is 0 Å². The summed E-state index contributed by atoms with van der Waals surface area (Å²) in [5.41, 5.74) is 1.29. The number of nitrogens with one attached hydrogen (secondary N) is 1. The fraction of sp³-hybridized carbons (Fsp3) is 0.357. The topological polar surface area (TPSA) is 82.7 Å². The zero-order valence-corrected chi connectivity index (χ0v) is 12.9. The highest BCUT2D eigenvalue weighted by atomic mass is 32.1. The van der Waals surface area contributed by atoms with Gasteiger partial charge in [0.05, 0.1) is 23.4 Å². The minimum Gasteiger partial charge on any atom is -0.366 e. The summed E-state index contributed by atoms with van der Waals surface area (Å²) in [6, 6.07) is 9.27. The van der Waals surface area contributed by atoms with Gasteiger partial charge in [-0.25, -0.2) is 0 Å². The number of hydrogen-bond donors (Lipinski definition) is 1. The molecular weight excluding hydrogens is 298 g/mol. The highest BCUT2D eigenvalue weighted by molar-refractivity contribution is 7.80. The second-order valence-corrected chi connectivity index (χ2v) is 5.39. The quantitative estimate of drug-likeness (QED) is 0.833. The van der Waals surface area contributed by atoms with Crippen molar-refractivity contribution in [2.45, 2.75) is 18.9 Å². The van der Waals surface area contributed by atoms with Crippen molar-refractivity contribution in [2.75, 3.05) is 13.6 Å². The number of benzene rings is 1. The van der Waals surface area contributed by atoms with Crippen LogP contribution in [0.15, 0.2) is 24.3 Å². The number of tetrazole rings is 1. The molecule has 1 aliphatic rings. The van der Waals surface area contributed by atoms with Crippen molar-refractivity contribution < 1.29 is 0 Å². The number of thiocarbonyl (C=S) groups is 1. The fourth-order valence-electron chi connectivity index (χ4n) is 2.59. The van der Waals surface area contributed by atoms with Crippen LogP contribution in [0.5, 0.6) is 0 Å². The Morgan fingerprint density at radius 2 is 2.36 bits per heavy atom. The Morgan fingerprint density at radius 1 is 1.50 bits per heavy atom. The zero-order valence-electron chi connectivity index (χ0n) is 12.1. The highest BCUT2D eigenvalue weighted by Gasteiger charge is 2.31. The van der Waals surface area contributed by atoms with Gasteiger partial charge >= 0.3 is 0 Å². The van der Waals surface area contributed by atoms with Gasteiger partial charge in [0.25, 0.3) is 0 Å². The van der Waals surface area contributed by atoms with Crippen molar-refractivity contribution in [3.63, 3.8) is 0 Å². The van der Waals surface area contributed by atoms with Crippen LogP contribution in [0, 0.1) is 11.3 Å². The first-order chi connectivity index (χ1) is 10.7. The number of hydrogen-bond acceptors (Lipinski definition) is 5. The highest BCUT2D eigenvalue weighted by Crippen LogP contribution is 2.29. The molecule has 1 N–H and O–H groups in total. The van der Waals surface area contributed by atoms with Crippen molar-refractivity contribution in [1.82, 2.24) is 30.4 Å². The standard InChI is InChI=1S/C14H15N7S/c1-16-14(22)20-7-3-6-12(20)13-17-19-21(18-13)11-5-2-4-10(8-11)9-15/h2,4-5,8,12H,3,6-7H2,1H3,(H,16,22). The summed E-state index contributed by atoms with van der Waals surface area (Å²) in [4.78, 5) is 3.54. The van der Waals surface area contributed by atoms with Gasteiger partial charge in [-0.3, -0.25) is 0 Å². The SMILES string of the molecule is CNC(=S)N1CCCC1c1nnn(-c2cccc(C#N)c2)n1. The van der Waals surface area contributed by atoms with Crippen molar-refractivity contribution in [3.05, 3.63) is 35.7 Å². The molecule has 1 saturated heterocycles. The van der Waals surface area contributed by atoms with E-state index in [-0.39, 0.29) is 6.04 Å². The second kappa shape index (κ2) is 6.07. The first-order valence-corrected chi connectivity index (χ1v) is 7.42. The van der Waals surface area contributed by atoms with Gasteiger partial charge in [-0.15, -0.1) is 15.0 Å². The van der Waals surface area contributed by atoms with E-state index in [0.29, 0.717) is 16.5 Å². The lowest BCUT2D eigenvalue weighted by Crippen LogP contribution is -2.37. The van der Waals surface area contributed by atoms with Gasteiger partial charge in [0, 0.05) is 13.6 Å². The van der Waals surface area contributed by atoms with E-state index in [1.807, 2.05) is 13.1 Å². The van der Waals surface area contributed by atoms with Gasteiger partial charge in [-0.2, -0.15) is 5.26 Å². The summed E-state index contributed by atoms with van der Waals surface area (Å²) in [6.45, 7) is 0.892. The molecule has 1 unspecified atom stereocenters. The molecule has 0 bridgehead atoms. The molecular formula is C14H15N7S. The van der Waals surface area contributed by atoms with Crippen LogP contribution in [0.25, 0.3) is 5.69 Å². The smallest absolute Gasteiger partial charge is 0.197 e. The van der Waals surface area contributed by atoms with Crippen LogP contribution in [0.1, 0.15) is 30.3 Å². The normalized spacial score (nSPS) is 17.3. The van der Waals surface area contributed by atoms with Crippen molar-refractivity contribution in [1.29, 1.82) is 5.26 Å². The van der Waals surface area contributed by atoms with E-state index in [2.05, 4.69) is 31.7 Å². The average molecular weight is 313 g/mol.